The fourth-order valence-electron chi connectivity index (χ4n) is 3.35. The van der Waals surface area contributed by atoms with E-state index in [1.165, 1.54) is 11.3 Å². The van der Waals surface area contributed by atoms with E-state index < -0.39 is 24.5 Å². The summed E-state index contributed by atoms with van der Waals surface area (Å²) in [6, 6.07) is 14.6. The maximum Gasteiger partial charge on any atom is 0.350 e. The standard InChI is InChI=1S/C25H20ClNO6S2/c1-3-32-24(29)20-17(14-7-5-4-6-8-14)13-34-23(20)27-19(28)12-33-25(30)22-21(26)16-10-9-15(31-2)11-18(16)35-22/h4-11,13H,3,12H2,1-2H3,(H,27,28). The van der Waals surface area contributed by atoms with Gasteiger partial charge in [0.25, 0.3) is 5.91 Å². The van der Waals surface area contributed by atoms with Crippen LogP contribution < -0.4 is 10.1 Å². The molecule has 35 heavy (non-hydrogen) atoms. The molecule has 0 unspecified atom stereocenters. The number of nitrogens with one attached hydrogen (secondary N) is 1. The largest absolute Gasteiger partial charge is 0.497 e. The van der Waals surface area contributed by atoms with Gasteiger partial charge in [-0.25, -0.2) is 9.59 Å². The summed E-state index contributed by atoms with van der Waals surface area (Å²) < 4.78 is 16.4. The number of carbonyl (C=O) groups is 3. The number of ether oxygens (including phenoxy) is 3. The number of amides is 1. The molecule has 0 aliphatic carbocycles. The first-order valence-electron chi connectivity index (χ1n) is 10.5. The average molecular weight is 530 g/mol. The van der Waals surface area contributed by atoms with E-state index in [0.29, 0.717) is 21.7 Å². The Balaban J connectivity index is 1.48. The molecule has 2 aromatic carbocycles. The molecule has 0 saturated carbocycles. The molecule has 4 rings (SSSR count). The van der Waals surface area contributed by atoms with Crippen LogP contribution in [0.1, 0.15) is 27.0 Å². The summed E-state index contributed by atoms with van der Waals surface area (Å²) in [5.41, 5.74) is 1.72. The van der Waals surface area contributed by atoms with Gasteiger partial charge in [-0.1, -0.05) is 41.9 Å². The molecule has 0 aliphatic rings. The summed E-state index contributed by atoms with van der Waals surface area (Å²) in [6.45, 7) is 1.35. The van der Waals surface area contributed by atoms with Crippen LogP contribution in [0.25, 0.3) is 21.2 Å². The zero-order valence-electron chi connectivity index (χ0n) is 18.8. The van der Waals surface area contributed by atoms with Gasteiger partial charge in [-0.3, -0.25) is 4.79 Å². The lowest BCUT2D eigenvalue weighted by Gasteiger charge is -2.09. The van der Waals surface area contributed by atoms with Crippen LogP contribution in [0, 0.1) is 0 Å². The third-order valence-electron chi connectivity index (χ3n) is 4.96. The first kappa shape index (κ1) is 24.7. The lowest BCUT2D eigenvalue weighted by molar-refractivity contribution is -0.119. The minimum atomic E-state index is -0.716. The van der Waals surface area contributed by atoms with Gasteiger partial charge in [0.15, 0.2) is 6.61 Å². The molecule has 4 aromatic rings. The number of esters is 2. The Morgan fingerprint density at radius 1 is 1.03 bits per heavy atom. The molecule has 10 heteroatoms. The van der Waals surface area contributed by atoms with Crippen molar-refractivity contribution in [3.63, 3.8) is 0 Å². The van der Waals surface area contributed by atoms with Gasteiger partial charge >= 0.3 is 11.9 Å². The molecule has 0 spiro atoms. The fourth-order valence-corrected chi connectivity index (χ4v) is 5.75. The summed E-state index contributed by atoms with van der Waals surface area (Å²) in [4.78, 5) is 38.0. The topological polar surface area (TPSA) is 90.9 Å². The Bertz CT molecular complexity index is 1400. The highest BCUT2D eigenvalue weighted by atomic mass is 35.5. The number of hydrogen-bond acceptors (Lipinski definition) is 8. The molecule has 180 valence electrons. The number of thiophene rings is 2. The van der Waals surface area contributed by atoms with E-state index in [9.17, 15) is 14.4 Å². The number of anilines is 1. The predicted molar refractivity (Wildman–Crippen MR) is 138 cm³/mol. The molecule has 2 heterocycles. The van der Waals surface area contributed by atoms with E-state index in [1.807, 2.05) is 30.3 Å². The smallest absolute Gasteiger partial charge is 0.350 e. The fraction of sp³-hybridized carbons (Fsp3) is 0.160. The Kier molecular flexibility index (Phi) is 7.70. The molecular formula is C25H20ClNO6S2. The van der Waals surface area contributed by atoms with Crippen molar-refractivity contribution in [2.24, 2.45) is 0 Å². The Morgan fingerprint density at radius 2 is 1.80 bits per heavy atom. The highest BCUT2D eigenvalue weighted by Gasteiger charge is 2.24. The molecular weight excluding hydrogens is 510 g/mol. The molecule has 0 aliphatic heterocycles. The second-order valence-electron chi connectivity index (χ2n) is 7.17. The summed E-state index contributed by atoms with van der Waals surface area (Å²) in [7, 11) is 1.55. The van der Waals surface area contributed by atoms with Crippen LogP contribution in [0.4, 0.5) is 5.00 Å². The van der Waals surface area contributed by atoms with Crippen molar-refractivity contribution in [2.75, 3.05) is 25.6 Å². The number of hydrogen-bond donors (Lipinski definition) is 1. The number of benzene rings is 2. The SMILES string of the molecule is CCOC(=O)c1c(-c2ccccc2)csc1NC(=O)COC(=O)c1sc2cc(OC)ccc2c1Cl. The maximum atomic E-state index is 12.6. The van der Waals surface area contributed by atoms with Crippen molar-refractivity contribution in [1.29, 1.82) is 0 Å². The van der Waals surface area contributed by atoms with E-state index in [0.717, 1.165) is 21.6 Å². The number of fused-ring (bicyclic) bond motifs is 1. The summed E-state index contributed by atoms with van der Waals surface area (Å²) in [5.74, 6) is -1.22. The van der Waals surface area contributed by atoms with Gasteiger partial charge in [0.2, 0.25) is 0 Å². The van der Waals surface area contributed by atoms with Crippen molar-refractivity contribution in [2.45, 2.75) is 6.92 Å². The minimum Gasteiger partial charge on any atom is -0.497 e. The van der Waals surface area contributed by atoms with Crippen molar-refractivity contribution >= 4 is 67.2 Å². The van der Waals surface area contributed by atoms with Gasteiger partial charge in [-0.15, -0.1) is 22.7 Å². The number of rotatable bonds is 8. The normalized spacial score (nSPS) is 10.7. The summed E-state index contributed by atoms with van der Waals surface area (Å²) in [6.07, 6.45) is 0. The molecule has 2 aromatic heterocycles. The van der Waals surface area contributed by atoms with Crippen molar-refractivity contribution in [3.05, 3.63) is 69.4 Å². The molecule has 0 fully saturated rings. The molecule has 1 amide bonds. The van der Waals surface area contributed by atoms with Crippen LogP contribution in [0.15, 0.2) is 53.9 Å². The van der Waals surface area contributed by atoms with Crippen LogP contribution >= 0.6 is 34.3 Å². The zero-order valence-corrected chi connectivity index (χ0v) is 21.1. The van der Waals surface area contributed by atoms with Crippen LogP contribution in [0.3, 0.4) is 0 Å². The van der Waals surface area contributed by atoms with E-state index in [1.54, 1.807) is 37.6 Å². The molecule has 0 atom stereocenters. The van der Waals surface area contributed by atoms with Crippen LogP contribution in [-0.4, -0.2) is 38.2 Å². The van der Waals surface area contributed by atoms with Gasteiger partial charge in [-0.05, 0) is 30.7 Å². The van der Waals surface area contributed by atoms with Crippen LogP contribution in [0.2, 0.25) is 5.02 Å². The average Bonchev–Trinajstić information content (AvgIpc) is 3.44. The summed E-state index contributed by atoms with van der Waals surface area (Å²) >= 11 is 8.70. The van der Waals surface area contributed by atoms with E-state index in [4.69, 9.17) is 25.8 Å². The highest BCUT2D eigenvalue weighted by Crippen LogP contribution is 2.38. The van der Waals surface area contributed by atoms with E-state index in [2.05, 4.69) is 5.32 Å². The Labute approximate surface area is 214 Å². The number of methoxy groups -OCH3 is 1. The van der Waals surface area contributed by atoms with Crippen molar-refractivity contribution in [3.8, 4) is 16.9 Å². The highest BCUT2D eigenvalue weighted by molar-refractivity contribution is 7.21. The molecule has 0 saturated heterocycles. The molecule has 7 nitrogen and oxygen atoms in total. The number of carbonyl (C=O) groups excluding carboxylic acids is 3. The minimum absolute atomic E-state index is 0.190. The maximum absolute atomic E-state index is 12.6. The van der Waals surface area contributed by atoms with Gasteiger partial charge in [0.1, 0.15) is 21.2 Å². The van der Waals surface area contributed by atoms with Crippen molar-refractivity contribution in [1.82, 2.24) is 0 Å². The quantitative estimate of drug-likeness (QED) is 0.271. The van der Waals surface area contributed by atoms with Crippen LogP contribution in [0.5, 0.6) is 5.75 Å². The second kappa shape index (κ2) is 10.9. The third-order valence-corrected chi connectivity index (χ3v) is 7.50. The lowest BCUT2D eigenvalue weighted by atomic mass is 10.0. The van der Waals surface area contributed by atoms with Gasteiger partial charge in [0.05, 0.1) is 18.7 Å². The third kappa shape index (κ3) is 5.32. The monoisotopic (exact) mass is 529 g/mol. The molecule has 0 bridgehead atoms. The first-order valence-corrected chi connectivity index (χ1v) is 12.6. The first-order chi connectivity index (χ1) is 16.9. The zero-order chi connectivity index (χ0) is 24.9. The van der Waals surface area contributed by atoms with Crippen molar-refractivity contribution < 1.29 is 28.6 Å². The van der Waals surface area contributed by atoms with Crippen LogP contribution in [-0.2, 0) is 14.3 Å². The second-order valence-corrected chi connectivity index (χ2v) is 9.48. The number of halogens is 1. The summed E-state index contributed by atoms with van der Waals surface area (Å²) in [5, 5.41) is 5.70. The van der Waals surface area contributed by atoms with E-state index in [-0.39, 0.29) is 22.1 Å². The van der Waals surface area contributed by atoms with Gasteiger partial charge in [-0.2, -0.15) is 0 Å². The van der Waals surface area contributed by atoms with Gasteiger partial charge < -0.3 is 19.5 Å². The molecule has 0 radical (unpaired) electrons. The Morgan fingerprint density at radius 3 is 2.51 bits per heavy atom. The molecule has 1 N–H and O–H groups in total. The van der Waals surface area contributed by atoms with Gasteiger partial charge in [0, 0.05) is 21.0 Å². The Hall–Kier alpha value is -3.40. The lowest BCUT2D eigenvalue weighted by Crippen LogP contribution is -2.21. The van der Waals surface area contributed by atoms with E-state index >= 15 is 0 Å². The predicted octanol–water partition coefficient (Wildman–Crippen LogP) is 6.26.